The van der Waals surface area contributed by atoms with E-state index in [1.165, 1.54) is 16.9 Å². The molecule has 1 saturated carbocycles. The molecule has 0 radical (unpaired) electrons. The van der Waals surface area contributed by atoms with Gasteiger partial charge in [-0.3, -0.25) is 9.59 Å². The summed E-state index contributed by atoms with van der Waals surface area (Å²) in [5.41, 5.74) is 0.0731. The third-order valence-corrected chi connectivity index (χ3v) is 4.37. The van der Waals surface area contributed by atoms with Gasteiger partial charge in [-0.2, -0.15) is 0 Å². The van der Waals surface area contributed by atoms with Gasteiger partial charge in [-0.1, -0.05) is 11.3 Å². The van der Waals surface area contributed by atoms with Gasteiger partial charge in [0.15, 0.2) is 0 Å². The molecule has 3 atom stereocenters. The molecule has 1 heterocycles. The Balaban J connectivity index is 1.70. The lowest BCUT2D eigenvalue weighted by Crippen LogP contribution is -2.39. The minimum Gasteiger partial charge on any atom is -0.481 e. The number of carboxylic acid groups (broad SMARTS) is 1. The van der Waals surface area contributed by atoms with E-state index in [2.05, 4.69) is 15.6 Å². The van der Waals surface area contributed by atoms with E-state index in [1.54, 1.807) is 6.20 Å². The summed E-state index contributed by atoms with van der Waals surface area (Å²) in [4.78, 5) is 23.5. The number of rotatable bonds is 5. The minimum absolute atomic E-state index is 0.0731. The van der Waals surface area contributed by atoms with Crippen molar-refractivity contribution in [1.82, 2.24) is 20.3 Å². The summed E-state index contributed by atoms with van der Waals surface area (Å²) in [6.45, 7) is 0. The number of amides is 1. The summed E-state index contributed by atoms with van der Waals surface area (Å²) < 4.78 is 28.1. The second kappa shape index (κ2) is 6.96. The van der Waals surface area contributed by atoms with Crippen molar-refractivity contribution in [3.8, 4) is 0 Å². The van der Waals surface area contributed by atoms with Crippen LogP contribution in [0.25, 0.3) is 0 Å². The highest BCUT2D eigenvalue weighted by molar-refractivity contribution is 5.79. The van der Waals surface area contributed by atoms with Crippen molar-refractivity contribution in [2.75, 3.05) is 0 Å². The van der Waals surface area contributed by atoms with Gasteiger partial charge in [-0.05, 0) is 24.5 Å². The highest BCUT2D eigenvalue weighted by atomic mass is 19.1. The standard InChI is InChI=1S/C16H16F2N4O3/c17-11-2-1-9(12(18)8-11)7-15(23)20-13-5-10(16(24)25)6-14(13)22-4-3-19-21-22/h1-4,8,10,13-14H,5-7H2,(H,20,23)(H,24,25)/t10?,13-,14+/m1/s1. The first kappa shape index (κ1) is 17.0. The average molecular weight is 350 g/mol. The largest absolute Gasteiger partial charge is 0.481 e. The van der Waals surface area contributed by atoms with Crippen LogP contribution in [0.5, 0.6) is 0 Å². The number of benzene rings is 1. The highest BCUT2D eigenvalue weighted by Gasteiger charge is 2.40. The maximum atomic E-state index is 13.7. The zero-order valence-corrected chi connectivity index (χ0v) is 13.1. The molecule has 0 aliphatic heterocycles. The molecule has 1 aliphatic rings. The molecule has 7 nitrogen and oxygen atoms in total. The number of halogens is 2. The van der Waals surface area contributed by atoms with Crippen LogP contribution in [-0.4, -0.2) is 38.0 Å². The normalized spacial score (nSPS) is 22.7. The lowest BCUT2D eigenvalue weighted by atomic mass is 10.1. The van der Waals surface area contributed by atoms with Gasteiger partial charge in [0.1, 0.15) is 11.6 Å². The van der Waals surface area contributed by atoms with E-state index in [0.717, 1.165) is 12.1 Å². The molecule has 3 rings (SSSR count). The molecule has 1 aliphatic carbocycles. The van der Waals surface area contributed by atoms with Crippen molar-refractivity contribution in [2.45, 2.75) is 31.3 Å². The molecule has 25 heavy (non-hydrogen) atoms. The topological polar surface area (TPSA) is 97.1 Å². The summed E-state index contributed by atoms with van der Waals surface area (Å²) in [7, 11) is 0. The van der Waals surface area contributed by atoms with E-state index in [0.29, 0.717) is 6.42 Å². The molecule has 1 fully saturated rings. The van der Waals surface area contributed by atoms with Gasteiger partial charge in [-0.25, -0.2) is 13.5 Å². The number of carboxylic acids is 1. The van der Waals surface area contributed by atoms with Gasteiger partial charge in [0.05, 0.1) is 30.6 Å². The lowest BCUT2D eigenvalue weighted by Gasteiger charge is -2.20. The predicted molar refractivity (Wildman–Crippen MR) is 81.4 cm³/mol. The van der Waals surface area contributed by atoms with Crippen LogP contribution in [0.4, 0.5) is 8.78 Å². The van der Waals surface area contributed by atoms with Crippen molar-refractivity contribution in [1.29, 1.82) is 0 Å². The van der Waals surface area contributed by atoms with Gasteiger partial charge in [-0.15, -0.1) is 5.10 Å². The van der Waals surface area contributed by atoms with Crippen LogP contribution < -0.4 is 5.32 Å². The monoisotopic (exact) mass is 350 g/mol. The fourth-order valence-electron chi connectivity index (χ4n) is 3.15. The van der Waals surface area contributed by atoms with Crippen molar-refractivity contribution >= 4 is 11.9 Å². The molecule has 132 valence electrons. The minimum atomic E-state index is -0.938. The Bertz CT molecular complexity index is 782. The number of nitrogens with one attached hydrogen (secondary N) is 1. The Hall–Kier alpha value is -2.84. The van der Waals surface area contributed by atoms with Crippen molar-refractivity contribution in [3.05, 3.63) is 47.8 Å². The number of nitrogens with zero attached hydrogens (tertiary/aromatic N) is 3. The van der Waals surface area contributed by atoms with Crippen molar-refractivity contribution < 1.29 is 23.5 Å². The molecule has 1 aromatic heterocycles. The van der Waals surface area contributed by atoms with E-state index in [4.69, 9.17) is 0 Å². The van der Waals surface area contributed by atoms with Crippen LogP contribution in [0.3, 0.4) is 0 Å². The third-order valence-electron chi connectivity index (χ3n) is 4.37. The molecule has 0 spiro atoms. The van der Waals surface area contributed by atoms with E-state index in [1.807, 2.05) is 0 Å². The second-order valence-corrected chi connectivity index (χ2v) is 6.04. The second-order valence-electron chi connectivity index (χ2n) is 6.04. The number of hydrogen-bond donors (Lipinski definition) is 2. The number of aromatic nitrogens is 3. The van der Waals surface area contributed by atoms with Crippen LogP contribution in [0.15, 0.2) is 30.6 Å². The molecule has 0 saturated heterocycles. The Labute approximate surface area is 141 Å². The summed E-state index contributed by atoms with van der Waals surface area (Å²) in [6, 6.07) is 2.22. The van der Waals surface area contributed by atoms with Gasteiger partial charge in [0, 0.05) is 12.3 Å². The Morgan fingerprint density at radius 2 is 2.12 bits per heavy atom. The average Bonchev–Trinajstić information content (AvgIpc) is 3.19. The quantitative estimate of drug-likeness (QED) is 0.848. The Kier molecular flexibility index (Phi) is 4.73. The zero-order valence-electron chi connectivity index (χ0n) is 13.1. The van der Waals surface area contributed by atoms with Crippen LogP contribution in [-0.2, 0) is 16.0 Å². The fourth-order valence-corrected chi connectivity index (χ4v) is 3.15. The number of carbonyl (C=O) groups is 2. The van der Waals surface area contributed by atoms with E-state index < -0.39 is 35.5 Å². The highest BCUT2D eigenvalue weighted by Crippen LogP contribution is 2.34. The van der Waals surface area contributed by atoms with Crippen LogP contribution >= 0.6 is 0 Å². The molecule has 0 bridgehead atoms. The number of carbonyl (C=O) groups excluding carboxylic acids is 1. The van der Waals surface area contributed by atoms with Gasteiger partial charge in [0.2, 0.25) is 5.91 Å². The van der Waals surface area contributed by atoms with E-state index in [9.17, 15) is 23.5 Å². The zero-order chi connectivity index (χ0) is 18.0. The first-order chi connectivity index (χ1) is 11.9. The van der Waals surface area contributed by atoms with Gasteiger partial charge < -0.3 is 10.4 Å². The fraction of sp³-hybridized carbons (Fsp3) is 0.375. The van der Waals surface area contributed by atoms with Crippen molar-refractivity contribution in [2.24, 2.45) is 5.92 Å². The van der Waals surface area contributed by atoms with Gasteiger partial charge in [0.25, 0.3) is 0 Å². The molecule has 1 amide bonds. The first-order valence-corrected chi connectivity index (χ1v) is 7.76. The SMILES string of the molecule is O=C(Cc1ccc(F)cc1F)N[C@@H]1CC(C(=O)O)C[C@@H]1n1ccnn1. The Morgan fingerprint density at radius 3 is 2.76 bits per heavy atom. The third kappa shape index (κ3) is 3.81. The molecule has 1 aromatic carbocycles. The van der Waals surface area contributed by atoms with Crippen LogP contribution in [0, 0.1) is 17.6 Å². The summed E-state index contributed by atoms with van der Waals surface area (Å²) in [5.74, 6) is -3.52. The van der Waals surface area contributed by atoms with Crippen LogP contribution in [0.1, 0.15) is 24.4 Å². The molecule has 9 heteroatoms. The molecular weight excluding hydrogens is 334 g/mol. The predicted octanol–water partition coefficient (Wildman–Crippen LogP) is 1.32. The summed E-state index contributed by atoms with van der Waals surface area (Å²) in [6.07, 6.45) is 3.38. The molecule has 2 N–H and O–H groups in total. The first-order valence-electron chi connectivity index (χ1n) is 7.76. The van der Waals surface area contributed by atoms with Crippen LogP contribution in [0.2, 0.25) is 0 Å². The van der Waals surface area contributed by atoms with Gasteiger partial charge >= 0.3 is 5.97 Å². The molecule has 1 unspecified atom stereocenters. The maximum absolute atomic E-state index is 13.7. The lowest BCUT2D eigenvalue weighted by molar-refractivity contribution is -0.141. The number of aliphatic carboxylic acids is 1. The maximum Gasteiger partial charge on any atom is 0.306 e. The molecule has 2 aromatic rings. The smallest absolute Gasteiger partial charge is 0.306 e. The van der Waals surface area contributed by atoms with Crippen molar-refractivity contribution in [3.63, 3.8) is 0 Å². The summed E-state index contributed by atoms with van der Waals surface area (Å²) in [5, 5.41) is 19.6. The number of hydrogen-bond acceptors (Lipinski definition) is 4. The summed E-state index contributed by atoms with van der Waals surface area (Å²) >= 11 is 0. The Morgan fingerprint density at radius 1 is 1.32 bits per heavy atom. The van der Waals surface area contributed by atoms with E-state index in [-0.39, 0.29) is 24.4 Å². The van der Waals surface area contributed by atoms with E-state index >= 15 is 0 Å². The molecular formula is C16H16F2N4O3.